The van der Waals surface area contributed by atoms with Gasteiger partial charge in [-0.25, -0.2) is 9.97 Å². The second kappa shape index (κ2) is 4.77. The van der Waals surface area contributed by atoms with Crippen LogP contribution in [-0.4, -0.2) is 23.1 Å². The van der Waals surface area contributed by atoms with Crippen molar-refractivity contribution in [1.82, 2.24) is 9.97 Å². The van der Waals surface area contributed by atoms with Crippen molar-refractivity contribution in [2.24, 2.45) is 5.73 Å². The van der Waals surface area contributed by atoms with Crippen molar-refractivity contribution in [3.8, 4) is 0 Å². The minimum absolute atomic E-state index is 0.620. The van der Waals surface area contributed by atoms with Crippen molar-refractivity contribution in [2.45, 2.75) is 20.3 Å². The van der Waals surface area contributed by atoms with Crippen LogP contribution in [0, 0.1) is 6.92 Å². The van der Waals surface area contributed by atoms with Crippen LogP contribution in [0.2, 0.25) is 0 Å². The summed E-state index contributed by atoms with van der Waals surface area (Å²) < 4.78 is 0. The molecule has 1 rings (SSSR count). The van der Waals surface area contributed by atoms with E-state index in [2.05, 4.69) is 15.3 Å². The van der Waals surface area contributed by atoms with Crippen LogP contribution in [0.3, 0.4) is 0 Å². The molecule has 0 atom stereocenters. The SMILES string of the molecule is CCc1ncc(NCCN)c(C)n1. The zero-order valence-electron chi connectivity index (χ0n) is 8.17. The smallest absolute Gasteiger partial charge is 0.128 e. The molecule has 3 N–H and O–H groups in total. The molecule has 0 saturated heterocycles. The molecule has 0 aliphatic carbocycles. The zero-order valence-corrected chi connectivity index (χ0v) is 8.17. The fraction of sp³-hybridized carbons (Fsp3) is 0.556. The van der Waals surface area contributed by atoms with E-state index in [1.165, 1.54) is 0 Å². The Morgan fingerprint density at radius 2 is 2.31 bits per heavy atom. The lowest BCUT2D eigenvalue weighted by atomic mass is 10.3. The summed E-state index contributed by atoms with van der Waals surface area (Å²) in [6.45, 7) is 5.39. The van der Waals surface area contributed by atoms with E-state index in [4.69, 9.17) is 5.73 Å². The first-order valence-electron chi connectivity index (χ1n) is 4.54. The minimum atomic E-state index is 0.620. The molecule has 0 radical (unpaired) electrons. The second-order valence-electron chi connectivity index (χ2n) is 2.85. The maximum atomic E-state index is 5.38. The monoisotopic (exact) mass is 180 g/mol. The molecule has 0 bridgehead atoms. The van der Waals surface area contributed by atoms with Crippen LogP contribution in [0.25, 0.3) is 0 Å². The summed E-state index contributed by atoms with van der Waals surface area (Å²) >= 11 is 0. The number of hydrogen-bond donors (Lipinski definition) is 2. The Morgan fingerprint density at radius 1 is 1.54 bits per heavy atom. The number of anilines is 1. The highest BCUT2D eigenvalue weighted by Crippen LogP contribution is 2.09. The van der Waals surface area contributed by atoms with E-state index in [1.54, 1.807) is 0 Å². The van der Waals surface area contributed by atoms with E-state index >= 15 is 0 Å². The fourth-order valence-corrected chi connectivity index (χ4v) is 1.07. The topological polar surface area (TPSA) is 63.8 Å². The molecule has 0 unspecified atom stereocenters. The molecule has 0 aliphatic rings. The number of nitrogens with two attached hydrogens (primary N) is 1. The summed E-state index contributed by atoms with van der Waals surface area (Å²) in [7, 11) is 0. The lowest BCUT2D eigenvalue weighted by Crippen LogP contribution is -2.14. The molecule has 0 spiro atoms. The van der Waals surface area contributed by atoms with Gasteiger partial charge in [0.25, 0.3) is 0 Å². The van der Waals surface area contributed by atoms with E-state index in [9.17, 15) is 0 Å². The Kier molecular flexibility index (Phi) is 3.64. The highest BCUT2D eigenvalue weighted by Gasteiger charge is 2.00. The lowest BCUT2D eigenvalue weighted by Gasteiger charge is -2.07. The maximum Gasteiger partial charge on any atom is 0.128 e. The molecule has 4 nitrogen and oxygen atoms in total. The summed E-state index contributed by atoms with van der Waals surface area (Å²) in [6.07, 6.45) is 2.69. The number of aryl methyl sites for hydroxylation is 2. The Balaban J connectivity index is 2.73. The second-order valence-corrected chi connectivity index (χ2v) is 2.85. The molecule has 0 saturated carbocycles. The Morgan fingerprint density at radius 3 is 2.85 bits per heavy atom. The average molecular weight is 180 g/mol. The number of rotatable bonds is 4. The van der Waals surface area contributed by atoms with Gasteiger partial charge in [-0.05, 0) is 6.92 Å². The van der Waals surface area contributed by atoms with Crippen molar-refractivity contribution in [2.75, 3.05) is 18.4 Å². The molecular formula is C9H16N4. The standard InChI is InChI=1S/C9H16N4/c1-3-9-12-6-8(7(2)13-9)11-5-4-10/h6,11H,3-5,10H2,1-2H3. The maximum absolute atomic E-state index is 5.38. The summed E-state index contributed by atoms with van der Waals surface area (Å²) in [5.74, 6) is 0.885. The van der Waals surface area contributed by atoms with E-state index in [0.717, 1.165) is 30.2 Å². The fourth-order valence-electron chi connectivity index (χ4n) is 1.07. The zero-order chi connectivity index (χ0) is 9.68. The highest BCUT2D eigenvalue weighted by atomic mass is 15.0. The third-order valence-electron chi connectivity index (χ3n) is 1.81. The van der Waals surface area contributed by atoms with Crippen LogP contribution in [0.1, 0.15) is 18.4 Å². The molecule has 0 aromatic carbocycles. The van der Waals surface area contributed by atoms with E-state index in [-0.39, 0.29) is 0 Å². The van der Waals surface area contributed by atoms with Gasteiger partial charge < -0.3 is 11.1 Å². The van der Waals surface area contributed by atoms with E-state index < -0.39 is 0 Å². The van der Waals surface area contributed by atoms with Crippen molar-refractivity contribution < 1.29 is 0 Å². The molecule has 13 heavy (non-hydrogen) atoms. The van der Waals surface area contributed by atoms with Gasteiger partial charge in [-0.2, -0.15) is 0 Å². The van der Waals surface area contributed by atoms with Gasteiger partial charge in [-0.15, -0.1) is 0 Å². The Hall–Kier alpha value is -1.16. The largest absolute Gasteiger partial charge is 0.381 e. The van der Waals surface area contributed by atoms with Crippen molar-refractivity contribution in [3.63, 3.8) is 0 Å². The predicted octanol–water partition coefficient (Wildman–Crippen LogP) is 0.718. The molecule has 1 aromatic rings. The van der Waals surface area contributed by atoms with Crippen LogP contribution in [0.5, 0.6) is 0 Å². The van der Waals surface area contributed by atoms with Crippen LogP contribution in [0.4, 0.5) is 5.69 Å². The van der Waals surface area contributed by atoms with Gasteiger partial charge in [0.05, 0.1) is 17.6 Å². The van der Waals surface area contributed by atoms with Crippen LogP contribution in [-0.2, 0) is 6.42 Å². The summed E-state index contributed by atoms with van der Waals surface area (Å²) in [5.41, 5.74) is 7.34. The number of nitrogens with zero attached hydrogens (tertiary/aromatic N) is 2. The minimum Gasteiger partial charge on any atom is -0.381 e. The van der Waals surface area contributed by atoms with Crippen LogP contribution >= 0.6 is 0 Å². The van der Waals surface area contributed by atoms with Gasteiger partial charge in [-0.1, -0.05) is 6.92 Å². The first-order chi connectivity index (χ1) is 6.27. The van der Waals surface area contributed by atoms with E-state index in [1.807, 2.05) is 20.0 Å². The average Bonchev–Trinajstić information content (AvgIpc) is 2.16. The Labute approximate surface area is 78.6 Å². The van der Waals surface area contributed by atoms with Gasteiger partial charge in [0, 0.05) is 19.5 Å². The molecule has 0 amide bonds. The first-order valence-corrected chi connectivity index (χ1v) is 4.54. The molecule has 72 valence electrons. The molecule has 0 fully saturated rings. The van der Waals surface area contributed by atoms with Gasteiger partial charge in [0.15, 0.2) is 0 Å². The van der Waals surface area contributed by atoms with Gasteiger partial charge in [-0.3, -0.25) is 0 Å². The van der Waals surface area contributed by atoms with Crippen LogP contribution < -0.4 is 11.1 Å². The molecule has 1 aromatic heterocycles. The van der Waals surface area contributed by atoms with E-state index in [0.29, 0.717) is 6.54 Å². The normalized spacial score (nSPS) is 10.1. The number of aromatic nitrogens is 2. The quantitative estimate of drug-likeness (QED) is 0.716. The van der Waals surface area contributed by atoms with Gasteiger partial charge in [0.1, 0.15) is 5.82 Å². The van der Waals surface area contributed by atoms with Crippen molar-refractivity contribution in [1.29, 1.82) is 0 Å². The van der Waals surface area contributed by atoms with Crippen molar-refractivity contribution in [3.05, 3.63) is 17.7 Å². The third-order valence-corrected chi connectivity index (χ3v) is 1.81. The number of nitrogens with one attached hydrogen (secondary N) is 1. The molecule has 4 heteroatoms. The van der Waals surface area contributed by atoms with Crippen LogP contribution in [0.15, 0.2) is 6.20 Å². The number of hydrogen-bond acceptors (Lipinski definition) is 4. The summed E-state index contributed by atoms with van der Waals surface area (Å²) in [6, 6.07) is 0. The molecular weight excluding hydrogens is 164 g/mol. The lowest BCUT2D eigenvalue weighted by molar-refractivity contribution is 0.911. The summed E-state index contributed by atoms with van der Waals surface area (Å²) in [5, 5.41) is 3.16. The Bertz CT molecular complexity index is 272. The van der Waals surface area contributed by atoms with Gasteiger partial charge in [0.2, 0.25) is 0 Å². The predicted molar refractivity (Wildman–Crippen MR) is 53.7 cm³/mol. The summed E-state index contributed by atoms with van der Waals surface area (Å²) in [4.78, 5) is 8.53. The third kappa shape index (κ3) is 2.66. The highest BCUT2D eigenvalue weighted by molar-refractivity contribution is 5.44. The first kappa shape index (κ1) is 9.92. The molecule has 0 aliphatic heterocycles. The van der Waals surface area contributed by atoms with Gasteiger partial charge >= 0.3 is 0 Å². The molecule has 1 heterocycles. The van der Waals surface area contributed by atoms with Crippen molar-refractivity contribution >= 4 is 5.69 Å².